The van der Waals surface area contributed by atoms with E-state index in [0.29, 0.717) is 11.3 Å². The molecular formula is C14H9NO3. The SMILES string of the molecule is O=C(O)C1C=Cc2ncc3ccccc3c2C1=O. The molecule has 1 aliphatic rings. The molecule has 1 aliphatic carbocycles. The van der Waals surface area contributed by atoms with Gasteiger partial charge in [0.2, 0.25) is 0 Å². The standard InChI is InChI=1S/C14H9NO3/c16-13-10(14(17)18)5-6-11-12(13)9-4-2-1-3-8(9)7-15-11/h1-7,10H,(H,17,18). The van der Waals surface area contributed by atoms with Crippen LogP contribution in [0, 0.1) is 5.92 Å². The van der Waals surface area contributed by atoms with Gasteiger partial charge in [0.1, 0.15) is 5.92 Å². The van der Waals surface area contributed by atoms with Crippen molar-refractivity contribution in [3.8, 4) is 0 Å². The molecule has 0 bridgehead atoms. The average molecular weight is 239 g/mol. The van der Waals surface area contributed by atoms with Gasteiger partial charge in [0.15, 0.2) is 5.78 Å². The van der Waals surface area contributed by atoms with Crippen LogP contribution in [0.4, 0.5) is 0 Å². The number of carbonyl (C=O) groups excluding carboxylic acids is 1. The summed E-state index contributed by atoms with van der Waals surface area (Å²) in [6.45, 7) is 0. The smallest absolute Gasteiger partial charge is 0.318 e. The van der Waals surface area contributed by atoms with Crippen LogP contribution in [0.25, 0.3) is 16.8 Å². The number of hydrogen-bond donors (Lipinski definition) is 1. The minimum Gasteiger partial charge on any atom is -0.480 e. The van der Waals surface area contributed by atoms with Crippen LogP contribution in [-0.2, 0) is 4.79 Å². The van der Waals surface area contributed by atoms with Gasteiger partial charge >= 0.3 is 5.97 Å². The Labute approximate surface area is 103 Å². The molecule has 1 atom stereocenters. The fourth-order valence-electron chi connectivity index (χ4n) is 2.19. The Kier molecular flexibility index (Phi) is 2.23. The summed E-state index contributed by atoms with van der Waals surface area (Å²) in [6, 6.07) is 7.34. The Morgan fingerprint density at radius 2 is 2.06 bits per heavy atom. The van der Waals surface area contributed by atoms with E-state index in [1.165, 1.54) is 6.08 Å². The summed E-state index contributed by atoms with van der Waals surface area (Å²) < 4.78 is 0. The van der Waals surface area contributed by atoms with Gasteiger partial charge in [0.05, 0.1) is 11.3 Å². The number of carboxylic acid groups (broad SMARTS) is 1. The number of carbonyl (C=O) groups is 2. The molecule has 4 nitrogen and oxygen atoms in total. The molecular weight excluding hydrogens is 230 g/mol. The number of hydrogen-bond acceptors (Lipinski definition) is 3. The lowest BCUT2D eigenvalue weighted by Gasteiger charge is -2.16. The van der Waals surface area contributed by atoms with E-state index in [9.17, 15) is 9.59 Å². The molecule has 88 valence electrons. The van der Waals surface area contributed by atoms with Crippen molar-refractivity contribution < 1.29 is 14.7 Å². The van der Waals surface area contributed by atoms with Crippen LogP contribution in [0.15, 0.2) is 36.5 Å². The monoisotopic (exact) mass is 239 g/mol. The van der Waals surface area contributed by atoms with Gasteiger partial charge in [0.25, 0.3) is 0 Å². The molecule has 1 aromatic heterocycles. The predicted molar refractivity (Wildman–Crippen MR) is 66.2 cm³/mol. The van der Waals surface area contributed by atoms with E-state index in [2.05, 4.69) is 4.98 Å². The highest BCUT2D eigenvalue weighted by Crippen LogP contribution is 2.28. The topological polar surface area (TPSA) is 67.3 Å². The number of benzene rings is 1. The number of nitrogens with zero attached hydrogens (tertiary/aromatic N) is 1. The van der Waals surface area contributed by atoms with Gasteiger partial charge in [-0.05, 0) is 11.5 Å². The molecule has 2 aromatic rings. The van der Waals surface area contributed by atoms with E-state index in [-0.39, 0.29) is 0 Å². The fourth-order valence-corrected chi connectivity index (χ4v) is 2.19. The fraction of sp³-hybridized carbons (Fsp3) is 0.0714. The van der Waals surface area contributed by atoms with Crippen molar-refractivity contribution in [1.82, 2.24) is 4.98 Å². The van der Waals surface area contributed by atoms with Crippen molar-refractivity contribution >= 4 is 28.6 Å². The van der Waals surface area contributed by atoms with Crippen molar-refractivity contribution in [1.29, 1.82) is 0 Å². The maximum absolute atomic E-state index is 12.2. The van der Waals surface area contributed by atoms with Crippen LogP contribution in [0.5, 0.6) is 0 Å². The molecule has 1 unspecified atom stereocenters. The highest BCUT2D eigenvalue weighted by Gasteiger charge is 2.31. The minimum absolute atomic E-state index is 0.399. The quantitative estimate of drug-likeness (QED) is 0.774. The summed E-state index contributed by atoms with van der Waals surface area (Å²) in [4.78, 5) is 27.4. The lowest BCUT2D eigenvalue weighted by molar-refractivity contribution is -0.138. The number of carboxylic acids is 1. The molecule has 4 heteroatoms. The Bertz CT molecular complexity index is 703. The lowest BCUT2D eigenvalue weighted by atomic mass is 9.88. The maximum atomic E-state index is 12.2. The molecule has 3 rings (SSSR count). The van der Waals surface area contributed by atoms with Gasteiger partial charge in [-0.15, -0.1) is 0 Å². The Hall–Kier alpha value is -2.49. The molecule has 0 spiro atoms. The highest BCUT2D eigenvalue weighted by molar-refractivity contribution is 6.19. The average Bonchev–Trinajstić information content (AvgIpc) is 2.38. The Morgan fingerprint density at radius 3 is 2.83 bits per heavy atom. The molecule has 0 aliphatic heterocycles. The summed E-state index contributed by atoms with van der Waals surface area (Å²) in [7, 11) is 0. The third-order valence-corrected chi connectivity index (χ3v) is 3.07. The summed E-state index contributed by atoms with van der Waals surface area (Å²) in [6.07, 6.45) is 4.67. The molecule has 1 N–H and O–H groups in total. The van der Waals surface area contributed by atoms with Crippen molar-refractivity contribution in [2.75, 3.05) is 0 Å². The summed E-state index contributed by atoms with van der Waals surface area (Å²) in [5.74, 6) is -2.63. The minimum atomic E-state index is -1.13. The summed E-state index contributed by atoms with van der Waals surface area (Å²) in [5, 5.41) is 10.6. The van der Waals surface area contributed by atoms with Crippen LogP contribution >= 0.6 is 0 Å². The van der Waals surface area contributed by atoms with E-state index in [1.807, 2.05) is 24.3 Å². The largest absolute Gasteiger partial charge is 0.480 e. The molecule has 1 aromatic carbocycles. The number of ketones is 1. The molecule has 18 heavy (non-hydrogen) atoms. The summed E-state index contributed by atoms with van der Waals surface area (Å²) in [5.41, 5.74) is 0.944. The van der Waals surface area contributed by atoms with Gasteiger partial charge in [-0.2, -0.15) is 0 Å². The van der Waals surface area contributed by atoms with Gasteiger partial charge in [-0.25, -0.2) is 0 Å². The van der Waals surface area contributed by atoms with Crippen molar-refractivity contribution in [3.05, 3.63) is 47.8 Å². The van der Waals surface area contributed by atoms with Crippen LogP contribution in [0.2, 0.25) is 0 Å². The lowest BCUT2D eigenvalue weighted by Crippen LogP contribution is -2.25. The van der Waals surface area contributed by atoms with E-state index in [1.54, 1.807) is 12.3 Å². The van der Waals surface area contributed by atoms with Gasteiger partial charge in [-0.3, -0.25) is 14.6 Å². The molecule has 0 amide bonds. The van der Waals surface area contributed by atoms with E-state index < -0.39 is 17.7 Å². The Morgan fingerprint density at radius 1 is 1.28 bits per heavy atom. The zero-order chi connectivity index (χ0) is 12.7. The van der Waals surface area contributed by atoms with E-state index in [0.717, 1.165) is 10.8 Å². The summed E-state index contributed by atoms with van der Waals surface area (Å²) >= 11 is 0. The van der Waals surface area contributed by atoms with E-state index in [4.69, 9.17) is 5.11 Å². The van der Waals surface area contributed by atoms with Gasteiger partial charge in [-0.1, -0.05) is 30.3 Å². The second kappa shape index (κ2) is 3.77. The number of pyridine rings is 1. The second-order valence-corrected chi connectivity index (χ2v) is 4.14. The number of Topliss-reactive ketones (excluding diaryl/α,β-unsaturated/α-hetero) is 1. The van der Waals surface area contributed by atoms with Crippen molar-refractivity contribution in [2.24, 2.45) is 5.92 Å². The number of aromatic nitrogens is 1. The number of rotatable bonds is 1. The molecule has 1 heterocycles. The zero-order valence-corrected chi connectivity index (χ0v) is 9.33. The highest BCUT2D eigenvalue weighted by atomic mass is 16.4. The maximum Gasteiger partial charge on any atom is 0.318 e. The predicted octanol–water partition coefficient (Wildman–Crippen LogP) is 2.15. The van der Waals surface area contributed by atoms with Gasteiger partial charge in [0, 0.05) is 11.6 Å². The zero-order valence-electron chi connectivity index (χ0n) is 9.33. The third-order valence-electron chi connectivity index (χ3n) is 3.07. The molecule has 0 saturated heterocycles. The van der Waals surface area contributed by atoms with Crippen molar-refractivity contribution in [3.63, 3.8) is 0 Å². The second-order valence-electron chi connectivity index (χ2n) is 4.14. The first-order chi connectivity index (χ1) is 8.68. The Balaban J connectivity index is 2.31. The first-order valence-corrected chi connectivity index (χ1v) is 5.51. The number of aliphatic carboxylic acids is 1. The van der Waals surface area contributed by atoms with E-state index >= 15 is 0 Å². The first kappa shape index (κ1) is 10.7. The van der Waals surface area contributed by atoms with Crippen LogP contribution < -0.4 is 0 Å². The third kappa shape index (κ3) is 1.43. The molecule has 0 radical (unpaired) electrons. The van der Waals surface area contributed by atoms with Crippen LogP contribution in [-0.4, -0.2) is 21.8 Å². The first-order valence-electron chi connectivity index (χ1n) is 5.51. The van der Waals surface area contributed by atoms with Crippen molar-refractivity contribution in [2.45, 2.75) is 0 Å². The van der Waals surface area contributed by atoms with Crippen LogP contribution in [0.1, 0.15) is 16.1 Å². The number of fused-ring (bicyclic) bond motifs is 3. The van der Waals surface area contributed by atoms with Gasteiger partial charge < -0.3 is 5.11 Å². The van der Waals surface area contributed by atoms with Crippen LogP contribution in [0.3, 0.4) is 0 Å². The molecule has 0 saturated carbocycles. The molecule has 0 fully saturated rings. The normalized spacial score (nSPS) is 17.8.